The smallest absolute Gasteiger partial charge is 0.103 e. The SMILES string of the molecule is CCn1cncc1C1OCCC1CNC(C)(C)C. The zero-order chi connectivity index (χ0) is 13.2. The molecule has 1 aliphatic heterocycles. The highest BCUT2D eigenvalue weighted by Crippen LogP contribution is 2.34. The van der Waals surface area contributed by atoms with Gasteiger partial charge < -0.3 is 14.6 Å². The van der Waals surface area contributed by atoms with E-state index in [-0.39, 0.29) is 11.6 Å². The molecule has 102 valence electrons. The number of nitrogens with zero attached hydrogens (tertiary/aromatic N) is 2. The van der Waals surface area contributed by atoms with Crippen LogP contribution >= 0.6 is 0 Å². The zero-order valence-electron chi connectivity index (χ0n) is 11.9. The number of hydrogen-bond acceptors (Lipinski definition) is 3. The molecule has 1 fully saturated rings. The summed E-state index contributed by atoms with van der Waals surface area (Å²) in [6, 6.07) is 0. The summed E-state index contributed by atoms with van der Waals surface area (Å²) in [7, 11) is 0. The van der Waals surface area contributed by atoms with Gasteiger partial charge in [-0.15, -0.1) is 0 Å². The molecule has 2 rings (SSSR count). The quantitative estimate of drug-likeness (QED) is 0.893. The standard InChI is InChI=1S/C14H25N3O/c1-5-17-10-15-9-12(17)13-11(6-7-18-13)8-16-14(2,3)4/h9-11,13,16H,5-8H2,1-4H3. The van der Waals surface area contributed by atoms with Crippen molar-refractivity contribution in [1.82, 2.24) is 14.9 Å². The van der Waals surface area contributed by atoms with Gasteiger partial charge in [0.15, 0.2) is 0 Å². The lowest BCUT2D eigenvalue weighted by molar-refractivity contribution is 0.0826. The van der Waals surface area contributed by atoms with Gasteiger partial charge in [-0.3, -0.25) is 0 Å². The van der Waals surface area contributed by atoms with Crippen LogP contribution in [0.3, 0.4) is 0 Å². The lowest BCUT2D eigenvalue weighted by Gasteiger charge is -2.26. The van der Waals surface area contributed by atoms with Crippen molar-refractivity contribution in [2.24, 2.45) is 5.92 Å². The monoisotopic (exact) mass is 251 g/mol. The van der Waals surface area contributed by atoms with E-state index in [1.54, 1.807) is 0 Å². The lowest BCUT2D eigenvalue weighted by Crippen LogP contribution is -2.39. The number of rotatable bonds is 4. The van der Waals surface area contributed by atoms with Gasteiger partial charge in [-0.1, -0.05) is 0 Å². The van der Waals surface area contributed by atoms with Gasteiger partial charge in [0.1, 0.15) is 6.10 Å². The Morgan fingerprint density at radius 1 is 1.50 bits per heavy atom. The summed E-state index contributed by atoms with van der Waals surface area (Å²) >= 11 is 0. The van der Waals surface area contributed by atoms with Crippen molar-refractivity contribution >= 4 is 0 Å². The van der Waals surface area contributed by atoms with Crippen molar-refractivity contribution in [3.63, 3.8) is 0 Å². The summed E-state index contributed by atoms with van der Waals surface area (Å²) < 4.78 is 8.10. The molecule has 1 aliphatic rings. The highest BCUT2D eigenvalue weighted by atomic mass is 16.5. The molecule has 4 nitrogen and oxygen atoms in total. The molecule has 0 amide bonds. The fraction of sp³-hybridized carbons (Fsp3) is 0.786. The van der Waals surface area contributed by atoms with Crippen molar-refractivity contribution in [3.05, 3.63) is 18.2 Å². The van der Waals surface area contributed by atoms with Gasteiger partial charge in [-0.2, -0.15) is 0 Å². The van der Waals surface area contributed by atoms with Gasteiger partial charge in [0.2, 0.25) is 0 Å². The van der Waals surface area contributed by atoms with Crippen molar-refractivity contribution in [3.8, 4) is 0 Å². The van der Waals surface area contributed by atoms with Crippen LogP contribution in [0, 0.1) is 5.92 Å². The molecule has 2 heterocycles. The second-order valence-corrected chi connectivity index (χ2v) is 6.08. The average molecular weight is 251 g/mol. The topological polar surface area (TPSA) is 39.1 Å². The second-order valence-electron chi connectivity index (χ2n) is 6.08. The van der Waals surface area contributed by atoms with E-state index in [1.807, 2.05) is 12.5 Å². The van der Waals surface area contributed by atoms with Crippen LogP contribution in [0.25, 0.3) is 0 Å². The zero-order valence-corrected chi connectivity index (χ0v) is 11.9. The molecule has 1 aromatic rings. The fourth-order valence-corrected chi connectivity index (χ4v) is 2.44. The first kappa shape index (κ1) is 13.6. The highest BCUT2D eigenvalue weighted by Gasteiger charge is 2.32. The first-order valence-electron chi connectivity index (χ1n) is 6.88. The maximum absolute atomic E-state index is 5.92. The van der Waals surface area contributed by atoms with Crippen LogP contribution in [0.1, 0.15) is 45.9 Å². The molecule has 1 N–H and O–H groups in total. The van der Waals surface area contributed by atoms with Crippen LogP contribution < -0.4 is 5.32 Å². The summed E-state index contributed by atoms with van der Waals surface area (Å²) in [6.07, 6.45) is 5.17. The van der Waals surface area contributed by atoms with E-state index >= 15 is 0 Å². The maximum Gasteiger partial charge on any atom is 0.103 e. The Morgan fingerprint density at radius 2 is 2.28 bits per heavy atom. The van der Waals surface area contributed by atoms with Crippen LogP contribution in [-0.4, -0.2) is 28.2 Å². The molecule has 4 heteroatoms. The van der Waals surface area contributed by atoms with E-state index in [0.717, 1.165) is 26.1 Å². The molecule has 0 aromatic carbocycles. The Labute approximate surface area is 110 Å². The summed E-state index contributed by atoms with van der Waals surface area (Å²) in [4.78, 5) is 4.24. The van der Waals surface area contributed by atoms with Gasteiger partial charge in [0.25, 0.3) is 0 Å². The van der Waals surface area contributed by atoms with E-state index in [4.69, 9.17) is 4.74 Å². The highest BCUT2D eigenvalue weighted by molar-refractivity contribution is 5.07. The van der Waals surface area contributed by atoms with Crippen LogP contribution in [-0.2, 0) is 11.3 Å². The van der Waals surface area contributed by atoms with Gasteiger partial charge >= 0.3 is 0 Å². The molecule has 1 saturated heterocycles. The molecule has 1 aromatic heterocycles. The van der Waals surface area contributed by atoms with Gasteiger partial charge in [-0.05, 0) is 34.1 Å². The fourth-order valence-electron chi connectivity index (χ4n) is 2.44. The van der Waals surface area contributed by atoms with E-state index in [1.165, 1.54) is 5.69 Å². The van der Waals surface area contributed by atoms with Crippen molar-refractivity contribution < 1.29 is 4.74 Å². The van der Waals surface area contributed by atoms with Gasteiger partial charge in [0.05, 0.1) is 18.2 Å². The van der Waals surface area contributed by atoms with Crippen molar-refractivity contribution in [1.29, 1.82) is 0 Å². The third-order valence-corrected chi connectivity index (χ3v) is 3.49. The van der Waals surface area contributed by atoms with Gasteiger partial charge in [-0.25, -0.2) is 4.98 Å². The van der Waals surface area contributed by atoms with Crippen molar-refractivity contribution in [2.45, 2.75) is 52.3 Å². The first-order valence-corrected chi connectivity index (χ1v) is 6.88. The molecule has 2 unspecified atom stereocenters. The number of aromatic nitrogens is 2. The Balaban J connectivity index is 2.03. The second kappa shape index (κ2) is 5.41. The van der Waals surface area contributed by atoms with E-state index in [2.05, 4.69) is 42.6 Å². The van der Waals surface area contributed by atoms with Crippen LogP contribution in [0.5, 0.6) is 0 Å². The number of nitrogens with one attached hydrogen (secondary N) is 1. The van der Waals surface area contributed by atoms with Crippen LogP contribution in [0.15, 0.2) is 12.5 Å². The summed E-state index contributed by atoms with van der Waals surface area (Å²) in [5, 5.41) is 3.58. The molecule has 0 aliphatic carbocycles. The van der Waals surface area contributed by atoms with E-state index in [9.17, 15) is 0 Å². The molecule has 0 spiro atoms. The first-order chi connectivity index (χ1) is 8.51. The number of aryl methyl sites for hydroxylation is 1. The van der Waals surface area contributed by atoms with E-state index < -0.39 is 0 Å². The number of hydrogen-bond donors (Lipinski definition) is 1. The Kier molecular flexibility index (Phi) is 4.07. The van der Waals surface area contributed by atoms with Crippen molar-refractivity contribution in [2.75, 3.05) is 13.2 Å². The summed E-state index contributed by atoms with van der Waals surface area (Å²) in [6.45, 7) is 11.6. The summed E-state index contributed by atoms with van der Waals surface area (Å²) in [5.74, 6) is 0.547. The number of imidazole rings is 1. The summed E-state index contributed by atoms with van der Waals surface area (Å²) in [5.41, 5.74) is 1.38. The van der Waals surface area contributed by atoms with Crippen LogP contribution in [0.4, 0.5) is 0 Å². The third kappa shape index (κ3) is 3.12. The lowest BCUT2D eigenvalue weighted by atomic mass is 9.97. The Hall–Kier alpha value is -0.870. The Morgan fingerprint density at radius 3 is 2.94 bits per heavy atom. The molecule has 0 bridgehead atoms. The van der Waals surface area contributed by atoms with Crippen LogP contribution in [0.2, 0.25) is 0 Å². The number of ether oxygens (including phenoxy) is 1. The average Bonchev–Trinajstić information content (AvgIpc) is 2.93. The minimum atomic E-state index is 0.165. The Bertz CT molecular complexity index is 381. The minimum Gasteiger partial charge on any atom is -0.372 e. The molecule has 2 atom stereocenters. The molecule has 0 radical (unpaired) electrons. The predicted molar refractivity (Wildman–Crippen MR) is 72.5 cm³/mol. The maximum atomic E-state index is 5.92. The van der Waals surface area contributed by atoms with E-state index in [0.29, 0.717) is 5.92 Å². The third-order valence-electron chi connectivity index (χ3n) is 3.49. The minimum absolute atomic E-state index is 0.165. The molecule has 18 heavy (non-hydrogen) atoms. The normalized spacial score (nSPS) is 24.7. The molecular formula is C14H25N3O. The molecular weight excluding hydrogens is 226 g/mol. The molecule has 0 saturated carbocycles. The predicted octanol–water partition coefficient (Wildman–Crippen LogP) is 2.37. The largest absolute Gasteiger partial charge is 0.372 e. The van der Waals surface area contributed by atoms with Gasteiger partial charge in [0, 0.05) is 31.2 Å².